The van der Waals surface area contributed by atoms with Crippen molar-refractivity contribution in [2.75, 3.05) is 5.32 Å². The molecule has 33 heavy (non-hydrogen) atoms. The van der Waals surface area contributed by atoms with E-state index in [4.69, 9.17) is 4.74 Å². The van der Waals surface area contributed by atoms with Crippen molar-refractivity contribution in [1.82, 2.24) is 4.98 Å². The summed E-state index contributed by atoms with van der Waals surface area (Å²) in [4.78, 5) is 16.9. The third-order valence-corrected chi connectivity index (χ3v) is 5.87. The van der Waals surface area contributed by atoms with Gasteiger partial charge in [0.1, 0.15) is 25.4 Å². The topological polar surface area (TPSA) is 71.5 Å². The van der Waals surface area contributed by atoms with Crippen LogP contribution in [0.25, 0.3) is 21.3 Å². The number of nitrogens with one attached hydrogen (secondary N) is 1. The fraction of sp³-hybridized carbons (Fsp3) is 0.200. The maximum atomic E-state index is 13.4. The molecule has 1 heterocycles. The van der Waals surface area contributed by atoms with E-state index in [0.29, 0.717) is 21.8 Å². The Kier molecular flexibility index (Phi) is 6.23. The Morgan fingerprint density at radius 2 is 1.85 bits per heavy atom. The summed E-state index contributed by atoms with van der Waals surface area (Å²) in [5, 5.41) is 14.1. The first-order valence-electron chi connectivity index (χ1n) is 10.5. The lowest BCUT2D eigenvalue weighted by atomic mass is 9.90. The van der Waals surface area contributed by atoms with Gasteiger partial charge in [-0.05, 0) is 61.7 Å². The zero-order valence-corrected chi connectivity index (χ0v) is 19.7. The number of aliphatic hydroxyl groups is 1. The first-order valence-corrected chi connectivity index (χ1v) is 11.4. The van der Waals surface area contributed by atoms with Crippen LogP contribution in [0.15, 0.2) is 60.7 Å². The average molecular weight is 462 g/mol. The third-order valence-electron chi connectivity index (χ3n) is 4.96. The fourth-order valence-electron chi connectivity index (χ4n) is 3.52. The van der Waals surface area contributed by atoms with Gasteiger partial charge < -0.3 is 9.84 Å². The molecule has 0 saturated heterocycles. The summed E-state index contributed by atoms with van der Waals surface area (Å²) in [7, 11) is 2.01. The van der Waals surface area contributed by atoms with E-state index in [1.54, 1.807) is 32.9 Å². The predicted octanol–water partition coefficient (Wildman–Crippen LogP) is 4.79. The molecule has 0 aliphatic carbocycles. The molecule has 4 rings (SSSR count). The molecule has 1 aromatic heterocycles. The van der Waals surface area contributed by atoms with Crippen molar-refractivity contribution >= 4 is 46.1 Å². The van der Waals surface area contributed by atoms with Crippen LogP contribution in [0, 0.1) is 5.82 Å². The zero-order valence-electron chi connectivity index (χ0n) is 18.8. The number of benzene rings is 3. The first-order chi connectivity index (χ1) is 15.6. The largest absolute Gasteiger partial charge is 0.444 e. The van der Waals surface area contributed by atoms with E-state index in [1.165, 1.54) is 23.5 Å². The van der Waals surface area contributed by atoms with Crippen molar-refractivity contribution in [2.45, 2.75) is 32.5 Å². The lowest BCUT2D eigenvalue weighted by molar-refractivity contribution is 0.0636. The Balaban J connectivity index is 1.80. The van der Waals surface area contributed by atoms with Crippen molar-refractivity contribution in [3.05, 3.63) is 77.6 Å². The van der Waals surface area contributed by atoms with Crippen LogP contribution >= 0.6 is 11.3 Å². The second kappa shape index (κ2) is 8.96. The lowest BCUT2D eigenvalue weighted by Gasteiger charge is -2.18. The average Bonchev–Trinajstić information content (AvgIpc) is 3.13. The Morgan fingerprint density at radius 1 is 1.12 bits per heavy atom. The number of ether oxygens (including phenoxy) is 1. The summed E-state index contributed by atoms with van der Waals surface area (Å²) >= 11 is 1.30. The van der Waals surface area contributed by atoms with Crippen molar-refractivity contribution in [3.8, 4) is 11.1 Å². The highest BCUT2D eigenvalue weighted by atomic mass is 32.1. The maximum absolute atomic E-state index is 13.4. The molecule has 8 heteroatoms. The van der Waals surface area contributed by atoms with Crippen LogP contribution in [0.2, 0.25) is 0 Å². The minimum atomic E-state index is -0.942. The van der Waals surface area contributed by atoms with Crippen molar-refractivity contribution < 1.29 is 19.0 Å². The molecule has 1 atom stereocenters. The summed E-state index contributed by atoms with van der Waals surface area (Å²) in [6.07, 6.45) is -1.52. The number of halogens is 1. The van der Waals surface area contributed by atoms with E-state index in [1.807, 2.05) is 44.2 Å². The van der Waals surface area contributed by atoms with Gasteiger partial charge in [-0.1, -0.05) is 53.2 Å². The van der Waals surface area contributed by atoms with Gasteiger partial charge in [0.25, 0.3) is 0 Å². The first kappa shape index (κ1) is 23.0. The van der Waals surface area contributed by atoms with Gasteiger partial charge in [-0.25, -0.2) is 14.2 Å². The van der Waals surface area contributed by atoms with E-state index >= 15 is 0 Å². The Labute approximate surface area is 196 Å². The molecular weight excluding hydrogens is 438 g/mol. The maximum Gasteiger partial charge on any atom is 0.413 e. The molecule has 1 unspecified atom stereocenters. The number of aliphatic hydroxyl groups excluding tert-OH is 1. The van der Waals surface area contributed by atoms with Gasteiger partial charge in [-0.15, -0.1) is 0 Å². The van der Waals surface area contributed by atoms with Gasteiger partial charge >= 0.3 is 6.09 Å². The monoisotopic (exact) mass is 462 g/mol. The summed E-state index contributed by atoms with van der Waals surface area (Å²) < 4.78 is 19.5. The molecule has 0 radical (unpaired) electrons. The zero-order chi connectivity index (χ0) is 23.8. The van der Waals surface area contributed by atoms with Crippen molar-refractivity contribution in [3.63, 3.8) is 0 Å². The number of nitrogens with zero attached hydrogens (tertiary/aromatic N) is 1. The molecule has 0 saturated carbocycles. The number of hydrogen-bond donors (Lipinski definition) is 2. The van der Waals surface area contributed by atoms with Crippen molar-refractivity contribution in [1.29, 1.82) is 0 Å². The number of carbonyl (C=O) groups excluding carboxylic acids is 1. The molecule has 0 aliphatic heterocycles. The van der Waals surface area contributed by atoms with Crippen molar-refractivity contribution in [2.24, 2.45) is 0 Å². The number of amides is 1. The number of thiazole rings is 1. The summed E-state index contributed by atoms with van der Waals surface area (Å²) in [6.45, 7) is 5.39. The standard InChI is InChI=1S/C25H24BFN2O3S/c1-25(2,3)32-24(31)29-23-28-21-19(15-5-4-6-17(26)11-15)12-16(13-20(21)33-23)22(30)14-7-9-18(27)10-8-14/h4-13,22,30H,26H2,1-3H3,(H,28,29,31). The smallest absolute Gasteiger partial charge is 0.413 e. The second-order valence-electron chi connectivity index (χ2n) is 8.88. The summed E-state index contributed by atoms with van der Waals surface area (Å²) in [5.41, 5.74) is 4.20. The molecule has 5 nitrogen and oxygen atoms in total. The minimum absolute atomic E-state index is 0.359. The van der Waals surface area contributed by atoms with E-state index < -0.39 is 17.8 Å². The number of rotatable bonds is 4. The quantitative estimate of drug-likeness (QED) is 0.428. The summed E-state index contributed by atoms with van der Waals surface area (Å²) in [6, 6.07) is 17.5. The SMILES string of the molecule is Bc1cccc(-c2cc(C(O)c3ccc(F)cc3)cc3sc(NC(=O)OC(C)(C)C)nc23)c1. The fourth-order valence-corrected chi connectivity index (χ4v) is 4.45. The van der Waals surface area contributed by atoms with Crippen LogP contribution in [0.4, 0.5) is 14.3 Å². The Morgan fingerprint density at radius 3 is 2.52 bits per heavy atom. The molecule has 1 amide bonds. The third kappa shape index (κ3) is 5.41. The highest BCUT2D eigenvalue weighted by Crippen LogP contribution is 2.37. The number of anilines is 1. The van der Waals surface area contributed by atoms with Gasteiger partial charge in [0.2, 0.25) is 0 Å². The number of carbonyl (C=O) groups is 1. The molecule has 0 spiro atoms. The summed E-state index contributed by atoms with van der Waals surface area (Å²) in [5.74, 6) is -0.359. The van der Waals surface area contributed by atoms with Crippen LogP contribution in [0.5, 0.6) is 0 Å². The van der Waals surface area contributed by atoms with Gasteiger partial charge in [-0.3, -0.25) is 5.32 Å². The lowest BCUT2D eigenvalue weighted by Crippen LogP contribution is -2.27. The van der Waals surface area contributed by atoms with Gasteiger partial charge in [0.05, 0.1) is 10.2 Å². The Bertz CT molecular complexity index is 1320. The predicted molar refractivity (Wildman–Crippen MR) is 134 cm³/mol. The second-order valence-corrected chi connectivity index (χ2v) is 9.92. The van der Waals surface area contributed by atoms with Crippen LogP contribution in [-0.2, 0) is 4.74 Å². The van der Waals surface area contributed by atoms with Crippen LogP contribution < -0.4 is 10.8 Å². The molecule has 3 aromatic carbocycles. The van der Waals surface area contributed by atoms with E-state index in [9.17, 15) is 14.3 Å². The van der Waals surface area contributed by atoms with E-state index in [2.05, 4.69) is 10.3 Å². The highest BCUT2D eigenvalue weighted by molar-refractivity contribution is 7.22. The molecule has 4 aromatic rings. The minimum Gasteiger partial charge on any atom is -0.444 e. The number of aromatic nitrogens is 1. The highest BCUT2D eigenvalue weighted by Gasteiger charge is 2.20. The molecule has 168 valence electrons. The molecule has 0 fully saturated rings. The van der Waals surface area contributed by atoms with E-state index in [-0.39, 0.29) is 5.82 Å². The molecule has 0 bridgehead atoms. The number of hydrogen-bond acceptors (Lipinski definition) is 5. The molecule has 0 aliphatic rings. The number of fused-ring (bicyclic) bond motifs is 1. The molecular formula is C25H24BFN2O3S. The molecule has 2 N–H and O–H groups in total. The normalized spacial score (nSPS) is 12.5. The van der Waals surface area contributed by atoms with E-state index in [0.717, 1.165) is 21.3 Å². The van der Waals surface area contributed by atoms with Gasteiger partial charge in [0, 0.05) is 5.56 Å². The van der Waals surface area contributed by atoms with Gasteiger partial charge in [0.15, 0.2) is 5.13 Å². The Hall–Kier alpha value is -3.23. The van der Waals surface area contributed by atoms with Crippen LogP contribution in [0.3, 0.4) is 0 Å². The van der Waals surface area contributed by atoms with Crippen LogP contribution in [-0.4, -0.2) is 29.6 Å². The van der Waals surface area contributed by atoms with Crippen LogP contribution in [0.1, 0.15) is 38.0 Å². The van der Waals surface area contributed by atoms with Gasteiger partial charge in [-0.2, -0.15) is 0 Å².